The fraction of sp³-hybridized carbons (Fsp3) is 0.560. The van der Waals surface area contributed by atoms with Crippen LogP contribution in [0.2, 0.25) is 0 Å². The fourth-order valence-electron chi connectivity index (χ4n) is 4.02. The van der Waals surface area contributed by atoms with Crippen molar-refractivity contribution >= 4 is 0 Å². The Hall–Kier alpha value is -1.93. The summed E-state index contributed by atoms with van der Waals surface area (Å²) in [6, 6.07) is 12.2. The Bertz CT molecular complexity index is 749. The number of hydrogen-bond acceptors (Lipinski definition) is 4. The van der Waals surface area contributed by atoms with E-state index in [9.17, 15) is 15.5 Å². The third-order valence-corrected chi connectivity index (χ3v) is 5.91. The van der Waals surface area contributed by atoms with Crippen LogP contribution in [0.15, 0.2) is 53.6 Å². The summed E-state index contributed by atoms with van der Waals surface area (Å²) >= 11 is 0. The molecular weight excluding hydrogens is 362 g/mol. The van der Waals surface area contributed by atoms with Crippen molar-refractivity contribution in [2.75, 3.05) is 13.2 Å². The summed E-state index contributed by atoms with van der Waals surface area (Å²) in [5, 5.41) is 29.2. The molecule has 1 aliphatic rings. The number of ether oxygens (including phenoxy) is 1. The molecule has 0 saturated carbocycles. The molecule has 0 aliphatic heterocycles. The van der Waals surface area contributed by atoms with Gasteiger partial charge in [0, 0.05) is 13.0 Å². The summed E-state index contributed by atoms with van der Waals surface area (Å²) in [6.45, 7) is 7.30. The third-order valence-electron chi connectivity index (χ3n) is 5.91. The standard InChI is InChI=1S/C25H35NO3/c1-20(14-25(28,19-26)15-21(2)16-27)11-13-24(3)12-7-10-23(24)18-29-17-22-8-5-4-6-9-22/h4-6,8-11,21,27-28H,7,12-18H2,1-3H3/b20-11+/t21-,24+,25?/m1/s1. The van der Waals surface area contributed by atoms with Crippen LogP contribution >= 0.6 is 0 Å². The van der Waals surface area contributed by atoms with E-state index < -0.39 is 5.60 Å². The molecule has 1 unspecified atom stereocenters. The third kappa shape index (κ3) is 7.12. The molecule has 2 rings (SSSR count). The first-order chi connectivity index (χ1) is 13.8. The van der Waals surface area contributed by atoms with Crippen LogP contribution in [0.4, 0.5) is 0 Å². The zero-order chi connectivity index (χ0) is 21.3. The molecule has 0 amide bonds. The molecule has 1 aliphatic carbocycles. The Morgan fingerprint density at radius 2 is 2.07 bits per heavy atom. The van der Waals surface area contributed by atoms with Gasteiger partial charge in [-0.15, -0.1) is 0 Å². The molecule has 0 fully saturated rings. The smallest absolute Gasteiger partial charge is 0.155 e. The molecule has 158 valence electrons. The minimum Gasteiger partial charge on any atom is -0.396 e. The molecule has 0 aromatic heterocycles. The predicted octanol–water partition coefficient (Wildman–Crippen LogP) is 4.93. The molecule has 0 saturated heterocycles. The molecule has 1 aromatic carbocycles. The van der Waals surface area contributed by atoms with Crippen molar-refractivity contribution in [1.82, 2.24) is 0 Å². The lowest BCUT2D eigenvalue weighted by atomic mass is 9.79. The quantitative estimate of drug-likeness (QED) is 0.410. The van der Waals surface area contributed by atoms with Crippen molar-refractivity contribution < 1.29 is 14.9 Å². The van der Waals surface area contributed by atoms with Gasteiger partial charge in [0.25, 0.3) is 0 Å². The van der Waals surface area contributed by atoms with Crippen molar-refractivity contribution in [3.63, 3.8) is 0 Å². The average molecular weight is 398 g/mol. The fourth-order valence-corrected chi connectivity index (χ4v) is 4.02. The van der Waals surface area contributed by atoms with Gasteiger partial charge in [0.2, 0.25) is 0 Å². The van der Waals surface area contributed by atoms with E-state index in [0.29, 0.717) is 19.6 Å². The zero-order valence-electron chi connectivity index (χ0n) is 18.0. The lowest BCUT2D eigenvalue weighted by Crippen LogP contribution is -2.30. The highest BCUT2D eigenvalue weighted by Crippen LogP contribution is 2.42. The summed E-state index contributed by atoms with van der Waals surface area (Å²) in [6.07, 6.45) is 8.06. The van der Waals surface area contributed by atoms with Crippen LogP contribution in [0.5, 0.6) is 0 Å². The molecular formula is C25H35NO3. The molecule has 29 heavy (non-hydrogen) atoms. The van der Waals surface area contributed by atoms with E-state index in [1.54, 1.807) is 0 Å². The molecule has 2 N–H and O–H groups in total. The van der Waals surface area contributed by atoms with Crippen LogP contribution in [0.3, 0.4) is 0 Å². The molecule has 0 heterocycles. The van der Waals surface area contributed by atoms with Crippen LogP contribution < -0.4 is 0 Å². The lowest BCUT2D eigenvalue weighted by molar-refractivity contribution is 0.0605. The first kappa shape index (κ1) is 23.3. The number of benzene rings is 1. The maximum atomic E-state index is 10.6. The van der Waals surface area contributed by atoms with Crippen molar-refractivity contribution in [3.05, 3.63) is 59.2 Å². The topological polar surface area (TPSA) is 73.5 Å². The van der Waals surface area contributed by atoms with Gasteiger partial charge < -0.3 is 14.9 Å². The molecule has 1 aromatic rings. The van der Waals surface area contributed by atoms with E-state index in [2.05, 4.69) is 31.2 Å². The van der Waals surface area contributed by atoms with Gasteiger partial charge in [0.15, 0.2) is 5.60 Å². The highest BCUT2D eigenvalue weighted by molar-refractivity contribution is 5.23. The average Bonchev–Trinajstić information content (AvgIpc) is 3.08. The predicted molar refractivity (Wildman–Crippen MR) is 116 cm³/mol. The molecule has 3 atom stereocenters. The van der Waals surface area contributed by atoms with Gasteiger partial charge in [0.1, 0.15) is 0 Å². The Balaban J connectivity index is 1.91. The second-order valence-electron chi connectivity index (χ2n) is 8.87. The van der Waals surface area contributed by atoms with Gasteiger partial charge in [0.05, 0.1) is 19.3 Å². The van der Waals surface area contributed by atoms with Crippen molar-refractivity contribution in [2.24, 2.45) is 11.3 Å². The Morgan fingerprint density at radius 3 is 2.72 bits per heavy atom. The van der Waals surface area contributed by atoms with E-state index in [1.165, 1.54) is 11.1 Å². The number of aliphatic hydroxyl groups is 2. The SMILES string of the molecule is C/C(=C\C[C@]1(C)CCC=C1COCc1ccccc1)CC(O)(C#N)C[C@@H](C)CO. The maximum absolute atomic E-state index is 10.6. The van der Waals surface area contributed by atoms with E-state index in [-0.39, 0.29) is 24.4 Å². The molecule has 0 radical (unpaired) electrons. The summed E-state index contributed by atoms with van der Waals surface area (Å²) in [4.78, 5) is 0. The van der Waals surface area contributed by atoms with Gasteiger partial charge in [-0.25, -0.2) is 0 Å². The Kier molecular flexibility index (Phi) is 8.64. The van der Waals surface area contributed by atoms with E-state index in [4.69, 9.17) is 4.74 Å². The van der Waals surface area contributed by atoms with Crippen LogP contribution in [-0.4, -0.2) is 29.0 Å². The minimum atomic E-state index is -1.42. The number of aliphatic hydroxyl groups excluding tert-OH is 1. The number of nitrogens with zero attached hydrogens (tertiary/aromatic N) is 1. The van der Waals surface area contributed by atoms with Crippen LogP contribution in [-0.2, 0) is 11.3 Å². The largest absolute Gasteiger partial charge is 0.396 e. The van der Waals surface area contributed by atoms with Gasteiger partial charge in [-0.05, 0) is 55.1 Å². The van der Waals surface area contributed by atoms with Crippen LogP contribution in [0.25, 0.3) is 0 Å². The lowest BCUT2D eigenvalue weighted by Gasteiger charge is -2.28. The Labute approximate surface area is 175 Å². The first-order valence-electron chi connectivity index (χ1n) is 10.5. The zero-order valence-corrected chi connectivity index (χ0v) is 18.0. The summed E-state index contributed by atoms with van der Waals surface area (Å²) in [5.41, 5.74) is 2.16. The van der Waals surface area contributed by atoms with Gasteiger partial charge in [-0.2, -0.15) is 5.26 Å². The summed E-state index contributed by atoms with van der Waals surface area (Å²) < 4.78 is 5.96. The highest BCUT2D eigenvalue weighted by Gasteiger charge is 2.32. The van der Waals surface area contributed by atoms with Gasteiger partial charge >= 0.3 is 0 Å². The minimum absolute atomic E-state index is 0.0258. The highest BCUT2D eigenvalue weighted by atomic mass is 16.5. The van der Waals surface area contributed by atoms with Crippen molar-refractivity contribution in [2.45, 2.75) is 65.1 Å². The molecule has 0 bridgehead atoms. The second kappa shape index (κ2) is 10.7. The molecule has 0 spiro atoms. The van der Waals surface area contributed by atoms with E-state index in [0.717, 1.165) is 24.8 Å². The monoisotopic (exact) mass is 397 g/mol. The van der Waals surface area contributed by atoms with Gasteiger partial charge in [-0.3, -0.25) is 0 Å². The number of hydrogen-bond donors (Lipinski definition) is 2. The second-order valence-corrected chi connectivity index (χ2v) is 8.87. The number of rotatable bonds is 11. The van der Waals surface area contributed by atoms with Crippen LogP contribution in [0.1, 0.15) is 58.4 Å². The van der Waals surface area contributed by atoms with Crippen molar-refractivity contribution in [3.8, 4) is 6.07 Å². The summed E-state index contributed by atoms with van der Waals surface area (Å²) in [7, 11) is 0. The summed E-state index contributed by atoms with van der Waals surface area (Å²) in [5.74, 6) is -0.101. The Morgan fingerprint density at radius 1 is 1.34 bits per heavy atom. The maximum Gasteiger partial charge on any atom is 0.155 e. The van der Waals surface area contributed by atoms with Crippen molar-refractivity contribution in [1.29, 1.82) is 5.26 Å². The van der Waals surface area contributed by atoms with Gasteiger partial charge in [-0.1, -0.05) is 61.9 Å². The number of allylic oxidation sites excluding steroid dienone is 2. The first-order valence-corrected chi connectivity index (χ1v) is 10.5. The number of nitriles is 1. The van der Waals surface area contributed by atoms with Crippen LogP contribution in [0, 0.1) is 22.7 Å². The van der Waals surface area contributed by atoms with E-state index in [1.807, 2.05) is 38.1 Å². The molecule has 4 nitrogen and oxygen atoms in total. The molecule has 4 heteroatoms. The normalized spacial score (nSPS) is 22.6. The van der Waals surface area contributed by atoms with E-state index >= 15 is 0 Å².